The first-order valence-electron chi connectivity index (χ1n) is 7.57. The molecule has 0 radical (unpaired) electrons. The zero-order valence-electron chi connectivity index (χ0n) is 13.5. The summed E-state index contributed by atoms with van der Waals surface area (Å²) in [7, 11) is 0. The van der Waals surface area contributed by atoms with E-state index in [9.17, 15) is 4.79 Å². The minimum Gasteiger partial charge on any atom is -0.403 e. The van der Waals surface area contributed by atoms with E-state index in [2.05, 4.69) is 15.5 Å². The van der Waals surface area contributed by atoms with Crippen molar-refractivity contribution in [3.05, 3.63) is 71.3 Å². The SMILES string of the molecule is Cc1ccc(C)c(-c2nnc(NC(=O)/C=C/c3ccccc3)o2)c1. The van der Waals surface area contributed by atoms with E-state index in [4.69, 9.17) is 4.42 Å². The Morgan fingerprint density at radius 2 is 1.88 bits per heavy atom. The molecule has 1 heterocycles. The third kappa shape index (κ3) is 3.76. The molecule has 0 saturated carbocycles. The number of aryl methyl sites for hydroxylation is 2. The van der Waals surface area contributed by atoms with Crippen LogP contribution in [0.15, 0.2) is 59.0 Å². The summed E-state index contributed by atoms with van der Waals surface area (Å²) in [4.78, 5) is 11.9. The Morgan fingerprint density at radius 1 is 1.08 bits per heavy atom. The largest absolute Gasteiger partial charge is 0.403 e. The molecule has 5 heteroatoms. The van der Waals surface area contributed by atoms with E-state index in [1.54, 1.807) is 6.08 Å². The number of benzene rings is 2. The fourth-order valence-corrected chi connectivity index (χ4v) is 2.23. The van der Waals surface area contributed by atoms with E-state index in [1.165, 1.54) is 6.08 Å². The van der Waals surface area contributed by atoms with Crippen molar-refractivity contribution in [3.8, 4) is 11.5 Å². The highest BCUT2D eigenvalue weighted by Crippen LogP contribution is 2.24. The summed E-state index contributed by atoms with van der Waals surface area (Å²) in [5.74, 6) is 0.0635. The lowest BCUT2D eigenvalue weighted by atomic mass is 10.1. The van der Waals surface area contributed by atoms with Crippen LogP contribution in [0.1, 0.15) is 16.7 Å². The molecule has 3 aromatic rings. The molecule has 0 bridgehead atoms. The van der Waals surface area contributed by atoms with Crippen LogP contribution in [-0.2, 0) is 4.79 Å². The first kappa shape index (κ1) is 15.7. The lowest BCUT2D eigenvalue weighted by Gasteiger charge is -2.01. The second kappa shape index (κ2) is 6.91. The van der Waals surface area contributed by atoms with Crippen LogP contribution in [0.3, 0.4) is 0 Å². The number of carbonyl (C=O) groups excluding carboxylic acids is 1. The van der Waals surface area contributed by atoms with Gasteiger partial charge >= 0.3 is 6.01 Å². The van der Waals surface area contributed by atoms with Gasteiger partial charge in [-0.3, -0.25) is 10.1 Å². The Hall–Kier alpha value is -3.21. The van der Waals surface area contributed by atoms with Crippen molar-refractivity contribution in [3.63, 3.8) is 0 Å². The summed E-state index contributed by atoms with van der Waals surface area (Å²) < 4.78 is 5.54. The van der Waals surface area contributed by atoms with Crippen molar-refractivity contribution < 1.29 is 9.21 Å². The van der Waals surface area contributed by atoms with Crippen molar-refractivity contribution in [2.75, 3.05) is 5.32 Å². The number of anilines is 1. The summed E-state index contributed by atoms with van der Waals surface area (Å²) in [5.41, 5.74) is 3.94. The maximum atomic E-state index is 11.9. The Kier molecular flexibility index (Phi) is 4.52. The standard InChI is InChI=1S/C19H17N3O2/c1-13-8-9-14(2)16(12-13)18-21-22-19(24-18)20-17(23)11-10-15-6-4-3-5-7-15/h3-12H,1-2H3,(H,20,22,23)/b11-10+. The molecule has 2 aromatic carbocycles. The van der Waals surface area contributed by atoms with Crippen molar-refractivity contribution in [2.24, 2.45) is 0 Å². The maximum Gasteiger partial charge on any atom is 0.322 e. The van der Waals surface area contributed by atoms with Gasteiger partial charge in [-0.05, 0) is 37.1 Å². The minimum absolute atomic E-state index is 0.0774. The zero-order valence-corrected chi connectivity index (χ0v) is 13.5. The van der Waals surface area contributed by atoms with Crippen molar-refractivity contribution >= 4 is 18.0 Å². The van der Waals surface area contributed by atoms with Crippen LogP contribution in [0.4, 0.5) is 6.01 Å². The van der Waals surface area contributed by atoms with Gasteiger partial charge in [-0.1, -0.05) is 53.1 Å². The van der Waals surface area contributed by atoms with E-state index in [0.29, 0.717) is 5.89 Å². The highest BCUT2D eigenvalue weighted by molar-refractivity contribution is 6.00. The maximum absolute atomic E-state index is 11.9. The molecule has 0 atom stereocenters. The van der Waals surface area contributed by atoms with E-state index >= 15 is 0 Å². The molecule has 0 spiro atoms. The van der Waals surface area contributed by atoms with Gasteiger partial charge in [0.05, 0.1) is 0 Å². The number of nitrogens with one attached hydrogen (secondary N) is 1. The second-order valence-corrected chi connectivity index (χ2v) is 5.46. The molecule has 24 heavy (non-hydrogen) atoms. The number of nitrogens with zero attached hydrogens (tertiary/aromatic N) is 2. The van der Waals surface area contributed by atoms with E-state index in [-0.39, 0.29) is 11.9 Å². The lowest BCUT2D eigenvalue weighted by molar-refractivity contribution is -0.112. The Bertz CT molecular complexity index is 883. The predicted molar refractivity (Wildman–Crippen MR) is 93.3 cm³/mol. The van der Waals surface area contributed by atoms with Crippen LogP contribution >= 0.6 is 0 Å². The number of hydrogen-bond acceptors (Lipinski definition) is 4. The first-order valence-corrected chi connectivity index (χ1v) is 7.57. The fourth-order valence-electron chi connectivity index (χ4n) is 2.23. The third-order valence-electron chi connectivity index (χ3n) is 3.51. The van der Waals surface area contributed by atoms with Crippen molar-refractivity contribution in [2.45, 2.75) is 13.8 Å². The Morgan fingerprint density at radius 3 is 2.67 bits per heavy atom. The third-order valence-corrected chi connectivity index (χ3v) is 3.51. The summed E-state index contributed by atoms with van der Waals surface area (Å²) in [5, 5.41) is 10.5. The molecule has 3 rings (SSSR count). The van der Waals surface area contributed by atoms with Gasteiger partial charge in [-0.25, -0.2) is 0 Å². The fraction of sp³-hybridized carbons (Fsp3) is 0.105. The monoisotopic (exact) mass is 319 g/mol. The van der Waals surface area contributed by atoms with Crippen molar-refractivity contribution in [1.82, 2.24) is 10.2 Å². The number of rotatable bonds is 4. The molecule has 0 aliphatic heterocycles. The van der Waals surface area contributed by atoms with Gasteiger partial charge in [0.2, 0.25) is 5.89 Å². The van der Waals surface area contributed by atoms with Gasteiger partial charge < -0.3 is 4.42 Å². The molecule has 1 N–H and O–H groups in total. The molecule has 0 unspecified atom stereocenters. The second-order valence-electron chi connectivity index (χ2n) is 5.46. The summed E-state index contributed by atoms with van der Waals surface area (Å²) in [6.07, 6.45) is 3.15. The van der Waals surface area contributed by atoms with Gasteiger partial charge in [0.25, 0.3) is 5.91 Å². The van der Waals surface area contributed by atoms with E-state index in [0.717, 1.165) is 22.3 Å². The van der Waals surface area contributed by atoms with Gasteiger partial charge in [0.1, 0.15) is 0 Å². The van der Waals surface area contributed by atoms with E-state index < -0.39 is 0 Å². The highest BCUT2D eigenvalue weighted by atomic mass is 16.4. The number of carbonyl (C=O) groups is 1. The van der Waals surface area contributed by atoms with Crippen LogP contribution in [-0.4, -0.2) is 16.1 Å². The van der Waals surface area contributed by atoms with Gasteiger partial charge in [0.15, 0.2) is 0 Å². The first-order chi connectivity index (χ1) is 11.6. The normalized spacial score (nSPS) is 10.9. The summed E-state index contributed by atoms with van der Waals surface area (Å²) >= 11 is 0. The van der Waals surface area contributed by atoms with Crippen LogP contribution in [0, 0.1) is 13.8 Å². The van der Waals surface area contributed by atoms with Crippen molar-refractivity contribution in [1.29, 1.82) is 0 Å². The molecular weight excluding hydrogens is 302 g/mol. The summed E-state index contributed by atoms with van der Waals surface area (Å²) in [6, 6.07) is 15.6. The molecule has 0 saturated heterocycles. The summed E-state index contributed by atoms with van der Waals surface area (Å²) in [6.45, 7) is 3.97. The van der Waals surface area contributed by atoms with Gasteiger partial charge in [-0.15, -0.1) is 5.10 Å². The van der Waals surface area contributed by atoms with Crippen LogP contribution < -0.4 is 5.32 Å². The molecule has 0 fully saturated rings. The number of amides is 1. The molecule has 0 aliphatic carbocycles. The lowest BCUT2D eigenvalue weighted by Crippen LogP contribution is -2.07. The van der Waals surface area contributed by atoms with Crippen LogP contribution in [0.2, 0.25) is 0 Å². The van der Waals surface area contributed by atoms with Crippen LogP contribution in [0.25, 0.3) is 17.5 Å². The predicted octanol–water partition coefficient (Wildman–Crippen LogP) is 4.01. The van der Waals surface area contributed by atoms with Crippen LogP contribution in [0.5, 0.6) is 0 Å². The smallest absolute Gasteiger partial charge is 0.322 e. The molecule has 5 nitrogen and oxygen atoms in total. The van der Waals surface area contributed by atoms with Gasteiger partial charge in [-0.2, -0.15) is 0 Å². The topological polar surface area (TPSA) is 68.0 Å². The average molecular weight is 319 g/mol. The van der Waals surface area contributed by atoms with E-state index in [1.807, 2.05) is 62.4 Å². The highest BCUT2D eigenvalue weighted by Gasteiger charge is 2.12. The number of aromatic nitrogens is 2. The molecule has 120 valence electrons. The minimum atomic E-state index is -0.324. The average Bonchev–Trinajstić information content (AvgIpc) is 3.04. The quantitative estimate of drug-likeness (QED) is 0.738. The number of hydrogen-bond donors (Lipinski definition) is 1. The molecule has 0 aliphatic rings. The Balaban J connectivity index is 1.71. The zero-order chi connectivity index (χ0) is 16.9. The Labute approximate surface area is 140 Å². The molecule has 1 amide bonds. The van der Waals surface area contributed by atoms with Gasteiger partial charge in [0, 0.05) is 11.6 Å². The molecular formula is C19H17N3O2. The molecule has 1 aromatic heterocycles.